The first kappa shape index (κ1) is 13.5. The molecule has 1 aromatic rings. The van der Waals surface area contributed by atoms with E-state index in [1.807, 2.05) is 12.4 Å². The molecule has 18 heavy (non-hydrogen) atoms. The maximum absolute atomic E-state index is 10.1. The van der Waals surface area contributed by atoms with Crippen LogP contribution in [0.2, 0.25) is 0 Å². The minimum atomic E-state index is -0.617. The van der Waals surface area contributed by atoms with Crippen molar-refractivity contribution in [2.24, 2.45) is 5.73 Å². The van der Waals surface area contributed by atoms with E-state index in [-0.39, 0.29) is 0 Å². The highest BCUT2D eigenvalue weighted by atomic mass is 16.3. The molecule has 4 nitrogen and oxygen atoms in total. The molecule has 0 saturated heterocycles. The average Bonchev–Trinajstić information content (AvgIpc) is 2.40. The van der Waals surface area contributed by atoms with Gasteiger partial charge in [-0.15, -0.1) is 0 Å². The van der Waals surface area contributed by atoms with E-state index in [2.05, 4.69) is 29.1 Å². The van der Waals surface area contributed by atoms with Crippen LogP contribution >= 0.6 is 0 Å². The zero-order valence-electron chi connectivity index (χ0n) is 11.0. The van der Waals surface area contributed by atoms with Crippen LogP contribution in [0.4, 0.5) is 0 Å². The van der Waals surface area contributed by atoms with Gasteiger partial charge < -0.3 is 10.8 Å². The van der Waals surface area contributed by atoms with Crippen LogP contribution in [0.25, 0.3) is 0 Å². The highest BCUT2D eigenvalue weighted by Crippen LogP contribution is 2.30. The van der Waals surface area contributed by atoms with Crippen LogP contribution in [-0.2, 0) is 6.54 Å². The first-order valence-corrected chi connectivity index (χ1v) is 6.64. The van der Waals surface area contributed by atoms with Gasteiger partial charge in [-0.3, -0.25) is 9.88 Å². The summed E-state index contributed by atoms with van der Waals surface area (Å²) in [7, 11) is 2.15. The van der Waals surface area contributed by atoms with E-state index in [4.69, 9.17) is 5.73 Å². The molecule has 0 aromatic carbocycles. The van der Waals surface area contributed by atoms with Gasteiger partial charge in [0, 0.05) is 31.5 Å². The lowest BCUT2D eigenvalue weighted by atomic mass is 9.82. The molecule has 0 atom stereocenters. The van der Waals surface area contributed by atoms with Gasteiger partial charge in [0.15, 0.2) is 0 Å². The summed E-state index contributed by atoms with van der Waals surface area (Å²) in [5, 5.41) is 10.1. The Balaban J connectivity index is 1.86. The first-order valence-electron chi connectivity index (χ1n) is 6.64. The average molecular weight is 249 g/mol. The number of nitrogens with zero attached hydrogens (tertiary/aromatic N) is 2. The molecule has 0 aliphatic heterocycles. The number of pyridine rings is 1. The summed E-state index contributed by atoms with van der Waals surface area (Å²) >= 11 is 0. The second kappa shape index (κ2) is 5.78. The van der Waals surface area contributed by atoms with E-state index in [1.165, 1.54) is 5.56 Å². The number of hydrogen-bond acceptors (Lipinski definition) is 4. The van der Waals surface area contributed by atoms with Crippen molar-refractivity contribution in [1.29, 1.82) is 0 Å². The summed E-state index contributed by atoms with van der Waals surface area (Å²) in [4.78, 5) is 6.40. The summed E-state index contributed by atoms with van der Waals surface area (Å²) < 4.78 is 0. The molecule has 1 aliphatic rings. The van der Waals surface area contributed by atoms with Crippen molar-refractivity contribution in [3.63, 3.8) is 0 Å². The van der Waals surface area contributed by atoms with Crippen molar-refractivity contribution in [1.82, 2.24) is 9.88 Å². The Morgan fingerprint density at radius 2 is 2.00 bits per heavy atom. The molecule has 0 amide bonds. The normalized spacial score (nSPS) is 28.6. The standard InChI is InChI=1S/C14H23N3O/c1-17(10-12-4-8-16-9-5-12)13-2-6-14(18,11-15)7-3-13/h4-5,8-9,13,18H,2-3,6-7,10-11,15H2,1H3. The predicted octanol–water partition coefficient (Wildman–Crippen LogP) is 1.15. The van der Waals surface area contributed by atoms with Gasteiger partial charge in [-0.1, -0.05) is 0 Å². The second-order valence-corrected chi connectivity index (χ2v) is 5.43. The van der Waals surface area contributed by atoms with Crippen LogP contribution in [0, 0.1) is 0 Å². The van der Waals surface area contributed by atoms with Gasteiger partial charge in [0.25, 0.3) is 0 Å². The van der Waals surface area contributed by atoms with Crippen molar-refractivity contribution in [2.45, 2.75) is 43.9 Å². The fourth-order valence-corrected chi connectivity index (χ4v) is 2.69. The summed E-state index contributed by atoms with van der Waals surface area (Å²) in [6, 6.07) is 4.65. The maximum Gasteiger partial charge on any atom is 0.0770 e. The van der Waals surface area contributed by atoms with Crippen molar-refractivity contribution in [3.05, 3.63) is 30.1 Å². The topological polar surface area (TPSA) is 62.4 Å². The van der Waals surface area contributed by atoms with Gasteiger partial charge in [-0.05, 0) is 50.4 Å². The van der Waals surface area contributed by atoms with Crippen LogP contribution in [-0.4, -0.2) is 40.2 Å². The smallest absolute Gasteiger partial charge is 0.0770 e. The van der Waals surface area contributed by atoms with Crippen LogP contribution < -0.4 is 5.73 Å². The van der Waals surface area contributed by atoms with Crippen molar-refractivity contribution < 1.29 is 5.11 Å². The SMILES string of the molecule is CN(Cc1ccncc1)C1CCC(O)(CN)CC1. The van der Waals surface area contributed by atoms with Crippen molar-refractivity contribution >= 4 is 0 Å². The Labute approximate surface area is 109 Å². The van der Waals surface area contributed by atoms with Gasteiger partial charge in [-0.2, -0.15) is 0 Å². The van der Waals surface area contributed by atoms with E-state index in [0.29, 0.717) is 12.6 Å². The zero-order chi connectivity index (χ0) is 13.0. The zero-order valence-corrected chi connectivity index (χ0v) is 11.0. The summed E-state index contributed by atoms with van der Waals surface area (Å²) in [5.41, 5.74) is 6.28. The highest BCUT2D eigenvalue weighted by molar-refractivity contribution is 5.09. The molecule has 1 saturated carbocycles. The molecule has 1 heterocycles. The van der Waals surface area contributed by atoms with Crippen LogP contribution in [0.15, 0.2) is 24.5 Å². The number of hydrogen-bond donors (Lipinski definition) is 2. The molecule has 0 radical (unpaired) electrons. The molecule has 1 fully saturated rings. The van der Waals surface area contributed by atoms with Gasteiger partial charge in [-0.25, -0.2) is 0 Å². The molecule has 0 spiro atoms. The number of aromatic nitrogens is 1. The first-order chi connectivity index (χ1) is 8.63. The lowest BCUT2D eigenvalue weighted by Crippen LogP contribution is -2.45. The Kier molecular flexibility index (Phi) is 4.32. The summed E-state index contributed by atoms with van der Waals surface area (Å²) in [5.74, 6) is 0. The third-order valence-corrected chi connectivity index (χ3v) is 4.07. The van der Waals surface area contributed by atoms with Crippen LogP contribution in [0.3, 0.4) is 0 Å². The maximum atomic E-state index is 10.1. The lowest BCUT2D eigenvalue weighted by Gasteiger charge is -2.39. The van der Waals surface area contributed by atoms with E-state index >= 15 is 0 Å². The Morgan fingerprint density at radius 3 is 2.56 bits per heavy atom. The van der Waals surface area contributed by atoms with Gasteiger partial charge in [0.1, 0.15) is 0 Å². The third-order valence-electron chi connectivity index (χ3n) is 4.07. The Bertz CT molecular complexity index is 361. The molecule has 2 rings (SSSR count). The number of nitrogens with two attached hydrogens (primary N) is 1. The van der Waals surface area contributed by atoms with Crippen molar-refractivity contribution in [3.8, 4) is 0 Å². The van der Waals surface area contributed by atoms with Gasteiger partial charge in [0.2, 0.25) is 0 Å². The van der Waals surface area contributed by atoms with Crippen LogP contribution in [0.1, 0.15) is 31.2 Å². The quantitative estimate of drug-likeness (QED) is 0.840. The fourth-order valence-electron chi connectivity index (χ4n) is 2.69. The molecule has 1 aliphatic carbocycles. The number of aliphatic hydroxyl groups is 1. The number of rotatable bonds is 4. The van der Waals surface area contributed by atoms with E-state index in [0.717, 1.165) is 32.2 Å². The van der Waals surface area contributed by atoms with E-state index in [1.54, 1.807) is 0 Å². The molecule has 3 N–H and O–H groups in total. The molecular weight excluding hydrogens is 226 g/mol. The largest absolute Gasteiger partial charge is 0.389 e. The monoisotopic (exact) mass is 249 g/mol. The van der Waals surface area contributed by atoms with Gasteiger partial charge >= 0.3 is 0 Å². The lowest BCUT2D eigenvalue weighted by molar-refractivity contribution is -0.0104. The minimum absolute atomic E-state index is 0.383. The van der Waals surface area contributed by atoms with Crippen LogP contribution in [0.5, 0.6) is 0 Å². The Morgan fingerprint density at radius 1 is 1.39 bits per heavy atom. The van der Waals surface area contributed by atoms with E-state index in [9.17, 15) is 5.11 Å². The third kappa shape index (κ3) is 3.28. The highest BCUT2D eigenvalue weighted by Gasteiger charge is 2.33. The molecular formula is C14H23N3O. The second-order valence-electron chi connectivity index (χ2n) is 5.43. The molecule has 100 valence electrons. The fraction of sp³-hybridized carbons (Fsp3) is 0.643. The molecule has 1 aromatic heterocycles. The molecule has 0 bridgehead atoms. The molecule has 0 unspecified atom stereocenters. The summed E-state index contributed by atoms with van der Waals surface area (Å²) in [6.07, 6.45) is 7.34. The summed E-state index contributed by atoms with van der Waals surface area (Å²) in [6.45, 7) is 1.32. The van der Waals surface area contributed by atoms with E-state index < -0.39 is 5.60 Å². The molecule has 4 heteroatoms. The Hall–Kier alpha value is -0.970. The minimum Gasteiger partial charge on any atom is -0.389 e. The van der Waals surface area contributed by atoms with Gasteiger partial charge in [0.05, 0.1) is 5.60 Å². The predicted molar refractivity (Wildman–Crippen MR) is 72.0 cm³/mol. The van der Waals surface area contributed by atoms with Crippen molar-refractivity contribution in [2.75, 3.05) is 13.6 Å².